The fourth-order valence-corrected chi connectivity index (χ4v) is 6.47. The average molecular weight is 495 g/mol. The molecule has 0 N–H and O–H groups in total. The van der Waals surface area contributed by atoms with Crippen LogP contribution in [0.2, 0.25) is 0 Å². The first kappa shape index (κ1) is 23.7. The van der Waals surface area contributed by atoms with Gasteiger partial charge in [0.15, 0.2) is 5.13 Å². The van der Waals surface area contributed by atoms with E-state index in [0.717, 1.165) is 12.1 Å². The lowest BCUT2D eigenvalue weighted by molar-refractivity contribution is -0.121. The van der Waals surface area contributed by atoms with Gasteiger partial charge in [0.1, 0.15) is 17.7 Å². The lowest BCUT2D eigenvalue weighted by atomic mass is 10.2. The molecule has 0 saturated carbocycles. The van der Waals surface area contributed by atoms with E-state index in [0.29, 0.717) is 41.3 Å². The molecule has 1 aliphatic heterocycles. The van der Waals surface area contributed by atoms with Crippen LogP contribution in [0, 0.1) is 11.6 Å². The molecule has 0 radical (unpaired) electrons. The summed E-state index contributed by atoms with van der Waals surface area (Å²) < 4.78 is 55.2. The maximum absolute atomic E-state index is 13.7. The monoisotopic (exact) mass is 494 g/mol. The Morgan fingerprint density at radius 2 is 1.82 bits per heavy atom. The summed E-state index contributed by atoms with van der Waals surface area (Å²) in [5.74, 6) is -1.30. The predicted molar refractivity (Wildman–Crippen MR) is 124 cm³/mol. The fourth-order valence-electron chi connectivity index (χ4n) is 3.80. The Balaban J connectivity index is 1.67. The number of sulfonamides is 1. The third-order valence-electron chi connectivity index (χ3n) is 5.52. The maximum atomic E-state index is 13.7. The highest BCUT2D eigenvalue weighted by molar-refractivity contribution is 7.89. The second-order valence-corrected chi connectivity index (χ2v) is 11.0. The highest BCUT2D eigenvalue weighted by Crippen LogP contribution is 2.33. The second-order valence-electron chi connectivity index (χ2n) is 8.13. The number of halogens is 2. The molecular weight excluding hydrogens is 470 g/mol. The van der Waals surface area contributed by atoms with Crippen LogP contribution >= 0.6 is 11.3 Å². The van der Waals surface area contributed by atoms with Gasteiger partial charge >= 0.3 is 0 Å². The van der Waals surface area contributed by atoms with Gasteiger partial charge in [-0.2, -0.15) is 4.31 Å². The minimum Gasteiger partial charge on any atom is -0.308 e. The molecule has 0 bridgehead atoms. The van der Waals surface area contributed by atoms with Gasteiger partial charge in [0.2, 0.25) is 15.9 Å². The van der Waals surface area contributed by atoms with Gasteiger partial charge in [-0.25, -0.2) is 22.2 Å². The predicted octanol–water partition coefficient (Wildman–Crippen LogP) is 3.32. The zero-order chi connectivity index (χ0) is 23.8. The molecular formula is C22H24F2N4O3S2. The van der Waals surface area contributed by atoms with Gasteiger partial charge < -0.3 is 4.90 Å². The summed E-state index contributed by atoms with van der Waals surface area (Å²) in [4.78, 5) is 21.5. The summed E-state index contributed by atoms with van der Waals surface area (Å²) in [5.41, 5.74) is 0.571. The number of likely N-dealkylation sites (N-methyl/N-ethyl adjacent to an activating group) is 1. The number of fused-ring (bicyclic) bond motifs is 1. The molecule has 11 heteroatoms. The van der Waals surface area contributed by atoms with Crippen molar-refractivity contribution < 1.29 is 22.0 Å². The third-order valence-corrected chi connectivity index (χ3v) is 8.48. The van der Waals surface area contributed by atoms with Crippen LogP contribution in [0.4, 0.5) is 13.9 Å². The van der Waals surface area contributed by atoms with Crippen LogP contribution in [0.25, 0.3) is 10.2 Å². The minimum atomic E-state index is -3.98. The summed E-state index contributed by atoms with van der Waals surface area (Å²) in [6.07, 6.45) is 0.903. The van der Waals surface area contributed by atoms with Gasteiger partial charge in [-0.05, 0) is 69.4 Å². The molecule has 1 fully saturated rings. The Bertz CT molecular complexity index is 1260. The number of amides is 1. The van der Waals surface area contributed by atoms with Crippen molar-refractivity contribution in [3.05, 3.63) is 54.1 Å². The molecule has 1 unspecified atom stereocenters. The summed E-state index contributed by atoms with van der Waals surface area (Å²) >= 11 is 1.19. The van der Waals surface area contributed by atoms with Crippen LogP contribution in [0.3, 0.4) is 0 Å². The number of hydrogen-bond acceptors (Lipinski definition) is 6. The Hall–Kier alpha value is -2.47. The van der Waals surface area contributed by atoms with Gasteiger partial charge in [-0.1, -0.05) is 11.3 Å². The average Bonchev–Trinajstić information content (AvgIpc) is 3.41. The molecule has 1 amide bonds. The van der Waals surface area contributed by atoms with E-state index in [-0.39, 0.29) is 17.3 Å². The zero-order valence-electron chi connectivity index (χ0n) is 18.2. The van der Waals surface area contributed by atoms with Crippen molar-refractivity contribution in [2.75, 3.05) is 38.6 Å². The van der Waals surface area contributed by atoms with E-state index >= 15 is 0 Å². The maximum Gasteiger partial charge on any atom is 0.247 e. The molecule has 0 aliphatic carbocycles. The van der Waals surface area contributed by atoms with Crippen LogP contribution < -0.4 is 4.90 Å². The largest absolute Gasteiger partial charge is 0.308 e. The quantitative estimate of drug-likeness (QED) is 0.504. The SMILES string of the molecule is CN(C)CCN(C(=O)C1CCCN1S(=O)(=O)c1ccc(F)cc1)c1nc2ccc(F)cc2s1. The molecule has 1 aliphatic rings. The normalized spacial score (nSPS) is 17.2. The van der Waals surface area contributed by atoms with Crippen LogP contribution in [0.5, 0.6) is 0 Å². The molecule has 4 rings (SSSR count). The Labute approximate surface area is 195 Å². The van der Waals surface area contributed by atoms with Crippen molar-refractivity contribution in [3.63, 3.8) is 0 Å². The van der Waals surface area contributed by atoms with E-state index < -0.39 is 27.7 Å². The lowest BCUT2D eigenvalue weighted by Gasteiger charge is -2.29. The Morgan fingerprint density at radius 3 is 2.52 bits per heavy atom. The van der Waals surface area contributed by atoms with Gasteiger partial charge in [0.05, 0.1) is 15.1 Å². The first-order valence-electron chi connectivity index (χ1n) is 10.5. The summed E-state index contributed by atoms with van der Waals surface area (Å²) in [7, 11) is -0.240. The molecule has 1 saturated heterocycles. The molecule has 33 heavy (non-hydrogen) atoms. The lowest BCUT2D eigenvalue weighted by Crippen LogP contribution is -2.49. The smallest absolute Gasteiger partial charge is 0.247 e. The van der Waals surface area contributed by atoms with E-state index in [9.17, 15) is 22.0 Å². The molecule has 2 heterocycles. The van der Waals surface area contributed by atoms with Gasteiger partial charge in [0.25, 0.3) is 0 Å². The number of carbonyl (C=O) groups is 1. The number of anilines is 1. The molecule has 0 spiro atoms. The van der Waals surface area contributed by atoms with Crippen molar-refractivity contribution in [3.8, 4) is 0 Å². The van der Waals surface area contributed by atoms with Gasteiger partial charge in [0, 0.05) is 19.6 Å². The number of carbonyl (C=O) groups excluding carboxylic acids is 1. The highest BCUT2D eigenvalue weighted by Gasteiger charge is 2.42. The minimum absolute atomic E-state index is 0.0566. The topological polar surface area (TPSA) is 73.8 Å². The van der Waals surface area contributed by atoms with E-state index in [4.69, 9.17) is 0 Å². The Morgan fingerprint density at radius 1 is 1.12 bits per heavy atom. The summed E-state index contributed by atoms with van der Waals surface area (Å²) in [6.45, 7) is 1.03. The van der Waals surface area contributed by atoms with Crippen molar-refractivity contribution >= 4 is 42.6 Å². The standard InChI is InChI=1S/C22H24F2N4O3S2/c1-26(2)12-13-27(22-25-18-10-7-16(24)14-20(18)32-22)21(29)19-4-3-11-28(19)33(30,31)17-8-5-15(23)6-9-17/h5-10,14,19H,3-4,11-13H2,1-2H3. The number of nitrogens with zero attached hydrogens (tertiary/aromatic N) is 4. The van der Waals surface area contributed by atoms with Crippen molar-refractivity contribution in [2.45, 2.75) is 23.8 Å². The van der Waals surface area contributed by atoms with Crippen LogP contribution in [0.1, 0.15) is 12.8 Å². The first-order chi connectivity index (χ1) is 15.7. The molecule has 3 aromatic rings. The van der Waals surface area contributed by atoms with Gasteiger partial charge in [-0.15, -0.1) is 0 Å². The fraction of sp³-hybridized carbons (Fsp3) is 0.364. The molecule has 2 aromatic carbocycles. The summed E-state index contributed by atoms with van der Waals surface area (Å²) in [5, 5.41) is 0.397. The number of aromatic nitrogens is 1. The number of hydrogen-bond donors (Lipinski definition) is 0. The highest BCUT2D eigenvalue weighted by atomic mass is 32.2. The molecule has 7 nitrogen and oxygen atoms in total. The number of rotatable bonds is 7. The Kier molecular flexibility index (Phi) is 6.76. The van der Waals surface area contributed by atoms with Crippen molar-refractivity contribution in [2.24, 2.45) is 0 Å². The molecule has 1 atom stereocenters. The van der Waals surface area contributed by atoms with Crippen molar-refractivity contribution in [1.82, 2.24) is 14.2 Å². The second kappa shape index (κ2) is 9.41. The third kappa shape index (κ3) is 4.91. The van der Waals surface area contributed by atoms with E-state index in [2.05, 4.69) is 4.98 Å². The number of benzene rings is 2. The first-order valence-corrected chi connectivity index (χ1v) is 12.7. The van der Waals surface area contributed by atoms with E-state index in [1.165, 1.54) is 44.8 Å². The van der Waals surface area contributed by atoms with Crippen LogP contribution in [-0.2, 0) is 14.8 Å². The summed E-state index contributed by atoms with van der Waals surface area (Å²) in [6, 6.07) is 7.92. The van der Waals surface area contributed by atoms with Gasteiger partial charge in [-0.3, -0.25) is 9.69 Å². The van der Waals surface area contributed by atoms with E-state index in [1.54, 1.807) is 6.07 Å². The van der Waals surface area contributed by atoms with E-state index in [1.807, 2.05) is 19.0 Å². The molecule has 1 aromatic heterocycles. The number of thiazole rings is 1. The van der Waals surface area contributed by atoms with Crippen molar-refractivity contribution in [1.29, 1.82) is 0 Å². The van der Waals surface area contributed by atoms with Crippen LogP contribution in [-0.4, -0.2) is 68.3 Å². The van der Waals surface area contributed by atoms with Crippen LogP contribution in [0.15, 0.2) is 47.4 Å². The zero-order valence-corrected chi connectivity index (χ0v) is 19.9. The molecule has 176 valence electrons.